The van der Waals surface area contributed by atoms with E-state index >= 15 is 0 Å². The Morgan fingerprint density at radius 2 is 0.414 bits per heavy atom. The van der Waals surface area contributed by atoms with Gasteiger partial charge in [-0.25, -0.2) is 0 Å². The SMILES string of the molecule is CCCCCCCCCCCCCCCCOc1ccc(N2CCCN(c3ccc(OCCCCCCCCCCCCCCCC)ccc3=O)CCCN(c3ccc(OCCCCCCCCCCCCCCCC)ccc3=O)CCC2)c(=O)cc1. The van der Waals surface area contributed by atoms with Gasteiger partial charge in [0.05, 0.1) is 36.9 Å². The zero-order chi connectivity index (χ0) is 61.7. The number of rotatable bonds is 51. The first kappa shape index (κ1) is 74.9. The Hall–Kier alpha value is -4.53. The second-order valence-corrected chi connectivity index (χ2v) is 25.8. The van der Waals surface area contributed by atoms with Gasteiger partial charge in [-0.05, 0) is 111 Å². The van der Waals surface area contributed by atoms with Crippen LogP contribution in [0, 0.1) is 0 Å². The number of nitrogens with zero attached hydrogens (tertiary/aromatic N) is 3. The van der Waals surface area contributed by atoms with E-state index in [0.717, 1.165) is 57.8 Å². The van der Waals surface area contributed by atoms with Crippen LogP contribution < -0.4 is 45.2 Å². The normalized spacial score (nSPS) is 13.3. The largest absolute Gasteiger partial charge is 0.494 e. The molecule has 3 aromatic carbocycles. The highest BCUT2D eigenvalue weighted by molar-refractivity contribution is 5.50. The first-order chi connectivity index (χ1) is 42.9. The van der Waals surface area contributed by atoms with E-state index in [1.807, 2.05) is 54.6 Å². The highest BCUT2D eigenvalue weighted by Crippen LogP contribution is 2.23. The van der Waals surface area contributed by atoms with Crippen molar-refractivity contribution in [1.82, 2.24) is 0 Å². The van der Waals surface area contributed by atoms with Gasteiger partial charge in [0.25, 0.3) is 0 Å². The van der Waals surface area contributed by atoms with E-state index in [0.29, 0.717) is 93.4 Å². The van der Waals surface area contributed by atoms with E-state index in [9.17, 15) is 14.4 Å². The van der Waals surface area contributed by atoms with Gasteiger partial charge in [-0.2, -0.15) is 0 Å². The molecule has 0 radical (unpaired) electrons. The Labute approximate surface area is 532 Å². The standard InChI is InChI=1S/C78H129N3O6/c1-4-7-10-13-16-19-22-25-28-31-34-37-40-43-67-85-70-49-55-73(76(82)58-52-70)79-61-46-63-80(74-56-50-71(53-59-77(74)83)86-68-44-41-38-35-32-29-26-23-20-17-14-11-8-5-2)65-48-66-81(64-47-62-79)75-57-51-72(54-60-78(75)84)87-69-45-42-39-36-33-30-27-24-21-18-15-12-9-6-3/h49-60H,4-48,61-69H2,1-3H3. The van der Waals surface area contributed by atoms with Gasteiger partial charge in [0, 0.05) is 39.3 Å². The van der Waals surface area contributed by atoms with Crippen molar-refractivity contribution in [3.63, 3.8) is 0 Å². The third-order valence-corrected chi connectivity index (χ3v) is 18.1. The minimum atomic E-state index is -0.0424. The quantitative estimate of drug-likeness (QED) is 0.0513. The average Bonchev–Trinajstić information content (AvgIpc) is 4.22. The molecule has 9 heteroatoms. The molecule has 0 atom stereocenters. The molecule has 1 aliphatic rings. The summed E-state index contributed by atoms with van der Waals surface area (Å²) in [5.74, 6) is 2.14. The van der Waals surface area contributed by atoms with Crippen LogP contribution in [0.5, 0.6) is 17.2 Å². The third-order valence-electron chi connectivity index (χ3n) is 18.1. The van der Waals surface area contributed by atoms with Crippen molar-refractivity contribution in [1.29, 1.82) is 0 Å². The third kappa shape index (κ3) is 36.7. The van der Waals surface area contributed by atoms with Crippen molar-refractivity contribution < 1.29 is 14.2 Å². The molecule has 492 valence electrons. The van der Waals surface area contributed by atoms with Gasteiger partial charge in [-0.1, -0.05) is 271 Å². The summed E-state index contributed by atoms with van der Waals surface area (Å²) < 4.78 is 18.7. The Balaban J connectivity index is 1.34. The molecule has 4 rings (SSSR count). The Kier molecular flexibility index (Phi) is 45.0. The van der Waals surface area contributed by atoms with Gasteiger partial charge >= 0.3 is 0 Å². The van der Waals surface area contributed by atoms with Crippen LogP contribution in [0.2, 0.25) is 0 Å². The summed E-state index contributed by atoms with van der Waals surface area (Å²) in [6.07, 6.45) is 57.6. The maximum absolute atomic E-state index is 14.0. The molecule has 0 aromatic heterocycles. The molecule has 0 aliphatic carbocycles. The summed E-state index contributed by atoms with van der Waals surface area (Å²) in [6.45, 7) is 12.6. The van der Waals surface area contributed by atoms with E-state index in [1.54, 1.807) is 18.2 Å². The second kappa shape index (κ2) is 52.3. The van der Waals surface area contributed by atoms with Crippen LogP contribution in [0.1, 0.15) is 310 Å². The molecule has 1 saturated heterocycles. The molecule has 0 bridgehead atoms. The number of unbranched alkanes of at least 4 members (excludes halogenated alkanes) is 39. The molecule has 0 unspecified atom stereocenters. The van der Waals surface area contributed by atoms with Crippen LogP contribution in [-0.4, -0.2) is 59.1 Å². The zero-order valence-corrected chi connectivity index (χ0v) is 56.4. The van der Waals surface area contributed by atoms with Gasteiger partial charge < -0.3 is 28.9 Å². The molecule has 1 fully saturated rings. The lowest BCUT2D eigenvalue weighted by molar-refractivity contribution is 0.304. The van der Waals surface area contributed by atoms with Crippen LogP contribution in [0.15, 0.2) is 87.2 Å². The molecule has 0 spiro atoms. The molecule has 1 heterocycles. The van der Waals surface area contributed by atoms with Crippen molar-refractivity contribution in [3.05, 3.63) is 103 Å². The highest BCUT2D eigenvalue weighted by Gasteiger charge is 2.18. The lowest BCUT2D eigenvalue weighted by Gasteiger charge is -2.31. The highest BCUT2D eigenvalue weighted by atomic mass is 16.5. The number of hydrogen-bond acceptors (Lipinski definition) is 9. The first-order valence-electron chi connectivity index (χ1n) is 37.0. The molecular weight excluding hydrogens is 1070 g/mol. The van der Waals surface area contributed by atoms with Crippen LogP contribution in [0.4, 0.5) is 17.1 Å². The van der Waals surface area contributed by atoms with E-state index in [4.69, 9.17) is 14.2 Å². The van der Waals surface area contributed by atoms with Crippen molar-refractivity contribution in [2.24, 2.45) is 0 Å². The van der Waals surface area contributed by atoms with Crippen LogP contribution >= 0.6 is 0 Å². The second-order valence-electron chi connectivity index (χ2n) is 25.8. The lowest BCUT2D eigenvalue weighted by atomic mass is 10.0. The summed E-state index contributed by atoms with van der Waals surface area (Å²) in [5.41, 5.74) is 1.80. The van der Waals surface area contributed by atoms with Crippen molar-refractivity contribution in [3.8, 4) is 17.2 Å². The molecule has 0 saturated carbocycles. The van der Waals surface area contributed by atoms with Gasteiger partial charge in [0.15, 0.2) is 0 Å². The fraction of sp³-hybridized carbons (Fsp3) is 0.731. The van der Waals surface area contributed by atoms with Crippen LogP contribution in [-0.2, 0) is 0 Å². The van der Waals surface area contributed by atoms with E-state index in [2.05, 4.69) is 35.5 Å². The predicted molar refractivity (Wildman–Crippen MR) is 376 cm³/mol. The molecule has 0 amide bonds. The minimum absolute atomic E-state index is 0.0424. The van der Waals surface area contributed by atoms with Gasteiger partial charge in [-0.3, -0.25) is 14.4 Å². The summed E-state index contributed by atoms with van der Waals surface area (Å²) in [5, 5.41) is 0. The topological polar surface area (TPSA) is 88.6 Å². The van der Waals surface area contributed by atoms with Crippen LogP contribution in [0.3, 0.4) is 0 Å². The minimum Gasteiger partial charge on any atom is -0.494 e. The molecule has 9 nitrogen and oxygen atoms in total. The maximum Gasteiger partial charge on any atom is 0.201 e. The van der Waals surface area contributed by atoms with Gasteiger partial charge in [0.1, 0.15) is 17.2 Å². The summed E-state index contributed by atoms with van der Waals surface area (Å²) in [4.78, 5) is 48.5. The van der Waals surface area contributed by atoms with E-state index in [-0.39, 0.29) is 16.3 Å². The summed E-state index contributed by atoms with van der Waals surface area (Å²) in [7, 11) is 0. The Morgan fingerprint density at radius 1 is 0.241 bits per heavy atom. The first-order valence-corrected chi connectivity index (χ1v) is 37.0. The number of hydrogen-bond donors (Lipinski definition) is 0. The van der Waals surface area contributed by atoms with E-state index in [1.165, 1.54) is 231 Å². The zero-order valence-electron chi connectivity index (χ0n) is 56.4. The van der Waals surface area contributed by atoms with E-state index < -0.39 is 0 Å². The fourth-order valence-electron chi connectivity index (χ4n) is 12.6. The molecule has 0 N–H and O–H groups in total. The smallest absolute Gasteiger partial charge is 0.201 e. The van der Waals surface area contributed by atoms with Crippen molar-refractivity contribution >= 4 is 17.1 Å². The summed E-state index contributed by atoms with van der Waals surface area (Å²) >= 11 is 0. The van der Waals surface area contributed by atoms with Crippen LogP contribution in [0.25, 0.3) is 0 Å². The molecule has 1 aliphatic heterocycles. The van der Waals surface area contributed by atoms with Gasteiger partial charge in [-0.15, -0.1) is 0 Å². The molecule has 87 heavy (non-hydrogen) atoms. The molecular formula is C78H129N3O6. The summed E-state index contributed by atoms with van der Waals surface area (Å²) in [6, 6.07) is 22.1. The number of anilines is 3. The van der Waals surface area contributed by atoms with Gasteiger partial charge in [0.2, 0.25) is 16.3 Å². The Bertz CT molecular complexity index is 2050. The fourth-order valence-corrected chi connectivity index (χ4v) is 12.6. The Morgan fingerprint density at radius 3 is 0.609 bits per heavy atom. The van der Waals surface area contributed by atoms with Crippen molar-refractivity contribution in [2.75, 3.05) is 73.8 Å². The predicted octanol–water partition coefficient (Wildman–Crippen LogP) is 21.4. The monoisotopic (exact) mass is 1200 g/mol. The number of ether oxygens (including phenoxy) is 3. The average molecular weight is 1200 g/mol. The maximum atomic E-state index is 14.0. The lowest BCUT2D eigenvalue weighted by Crippen LogP contribution is -2.39. The van der Waals surface area contributed by atoms with Crippen molar-refractivity contribution in [2.45, 2.75) is 310 Å². The molecule has 3 aromatic rings.